The molecule has 4 aromatic carbocycles. The molecule has 8 rings (SSSR count). The lowest BCUT2D eigenvalue weighted by Gasteiger charge is -2.21. The fourth-order valence-corrected chi connectivity index (χ4v) is 8.09. The lowest BCUT2D eigenvalue weighted by Crippen LogP contribution is -2.33. The molecule has 4 heterocycles. The number of benzene rings is 4. The van der Waals surface area contributed by atoms with Gasteiger partial charge in [0.05, 0.1) is 69.2 Å². The molecule has 0 fully saturated rings. The maximum Gasteiger partial charge on any atom is 0.412 e. The highest BCUT2D eigenvalue weighted by molar-refractivity contribution is 6.08. The predicted octanol–water partition coefficient (Wildman–Crippen LogP) is 8.06. The van der Waals surface area contributed by atoms with E-state index in [-0.39, 0.29) is 30.1 Å². The first-order valence-electron chi connectivity index (χ1n) is 25.2. The second-order valence-corrected chi connectivity index (χ2v) is 17.5. The number of hydrogen-bond acceptors (Lipinski definition) is 18. The molecule has 8 aromatic rings. The third-order valence-corrected chi connectivity index (χ3v) is 12.3. The van der Waals surface area contributed by atoms with Crippen LogP contribution >= 0.6 is 0 Å². The van der Waals surface area contributed by atoms with Gasteiger partial charge in [0.1, 0.15) is 35.0 Å². The summed E-state index contributed by atoms with van der Waals surface area (Å²) in [6.45, 7) is 4.35. The Kier molecular flexibility index (Phi) is 20.8. The highest BCUT2D eigenvalue weighted by Crippen LogP contribution is 2.24. The molecule has 0 aliphatic heterocycles. The van der Waals surface area contributed by atoms with E-state index in [4.69, 9.17) is 35.8 Å². The summed E-state index contributed by atoms with van der Waals surface area (Å²) in [5.74, 6) is 2.09. The minimum atomic E-state index is -0.699. The second kappa shape index (κ2) is 28.7. The number of imidazole rings is 2. The van der Waals surface area contributed by atoms with E-state index in [2.05, 4.69) is 45.6 Å². The van der Waals surface area contributed by atoms with Gasteiger partial charge in [-0.2, -0.15) is 0 Å². The van der Waals surface area contributed by atoms with E-state index >= 15 is 0 Å². The zero-order valence-electron chi connectivity index (χ0n) is 44.8. The van der Waals surface area contributed by atoms with Crippen molar-refractivity contribution in [3.05, 3.63) is 168 Å². The molecule has 24 heteroatoms. The molecular weight excluding hydrogens is 1030 g/mol. The van der Waals surface area contributed by atoms with Crippen molar-refractivity contribution < 1.29 is 48.6 Å². The smallest absolute Gasteiger partial charge is 0.412 e. The van der Waals surface area contributed by atoms with Gasteiger partial charge in [-0.3, -0.25) is 46.1 Å². The summed E-state index contributed by atoms with van der Waals surface area (Å²) in [6.07, 6.45) is 2.90. The molecule has 0 saturated heterocycles. The average molecular weight is 1090 g/mol. The number of aryl methyl sites for hydroxylation is 2. The molecule has 80 heavy (non-hydrogen) atoms. The van der Waals surface area contributed by atoms with E-state index in [1.165, 1.54) is 14.2 Å². The first-order chi connectivity index (χ1) is 38.8. The van der Waals surface area contributed by atoms with Gasteiger partial charge >= 0.3 is 12.2 Å². The van der Waals surface area contributed by atoms with Crippen LogP contribution in [0.15, 0.2) is 134 Å². The fourth-order valence-electron chi connectivity index (χ4n) is 8.09. The van der Waals surface area contributed by atoms with Gasteiger partial charge in [0, 0.05) is 73.2 Å². The van der Waals surface area contributed by atoms with E-state index in [1.807, 2.05) is 72.6 Å². The number of nitrogens with one attached hydrogen (secondary N) is 6. The Morgan fingerprint density at radius 3 is 1.39 bits per heavy atom. The van der Waals surface area contributed by atoms with Crippen molar-refractivity contribution >= 4 is 80.7 Å². The van der Waals surface area contributed by atoms with Crippen LogP contribution in [0.1, 0.15) is 63.3 Å². The fraction of sp³-hybridized carbons (Fsp3) is 0.250. The first-order valence-corrected chi connectivity index (χ1v) is 25.2. The normalized spacial score (nSPS) is 10.8. The molecule has 0 atom stereocenters. The SMILES string of the molecule is CCOOCCCN(C(=O)c1ccc2c(c1)nc(CNc1ccc(C(=N)NC(=O)OC)cc1)n2C)c1ccccn1.COC(=O)NC(=N)c1ccc(NCc2nc3cc(C(=O)N(CCCOO)c4ccccn4)ccc3n2C)cc1. The van der Waals surface area contributed by atoms with E-state index in [1.54, 1.807) is 101 Å². The van der Waals surface area contributed by atoms with Crippen LogP contribution < -0.4 is 31.1 Å². The van der Waals surface area contributed by atoms with Crippen molar-refractivity contribution in [3.63, 3.8) is 0 Å². The number of alkyl carbamates (subject to hydrolysis) is 2. The summed E-state index contributed by atoms with van der Waals surface area (Å²) in [7, 11) is 6.32. The standard InChI is InChI=1S/C29H33N7O5.C27H29N7O5/c1-4-40-41-17-7-16-36(25-8-5-6-15-31-25)28(37)21-11-14-24-23(18-21)33-26(35(24)2)19-32-22-12-9-20(10-13-22)27(30)34-29(38)39-3;1-33-22-12-9-19(26(35)34(14-5-15-39-37)23-6-3-4-13-29-23)16-21(22)31-24(33)17-30-20-10-7-18(8-11-20)25(28)32-27(36)38-2/h5-6,8-15,18,32H,4,7,16-17,19H2,1-3H3,(H2,30,34,38);3-4,6-13,16,30,37H,5,14-15,17H2,1-2H3,(H2,28,32,36). The largest absolute Gasteiger partial charge is 0.453 e. The Hall–Kier alpha value is -9.62. The van der Waals surface area contributed by atoms with E-state index in [0.717, 1.165) is 34.1 Å². The van der Waals surface area contributed by atoms with Crippen LogP contribution in [-0.4, -0.2) is 117 Å². The lowest BCUT2D eigenvalue weighted by atomic mass is 10.1. The van der Waals surface area contributed by atoms with E-state index < -0.39 is 12.2 Å². The van der Waals surface area contributed by atoms with Crippen molar-refractivity contribution in [3.8, 4) is 0 Å². The van der Waals surface area contributed by atoms with Crippen molar-refractivity contribution in [1.29, 1.82) is 10.8 Å². The van der Waals surface area contributed by atoms with Gasteiger partial charge in [-0.1, -0.05) is 12.1 Å². The highest BCUT2D eigenvalue weighted by Gasteiger charge is 2.22. The number of rotatable bonds is 22. The average Bonchev–Trinajstić information content (AvgIpc) is 4.03. The number of pyridine rings is 2. The number of fused-ring (bicyclic) bond motifs is 2. The number of anilines is 4. The summed E-state index contributed by atoms with van der Waals surface area (Å²) in [5.41, 5.74) is 6.83. The zero-order valence-corrected chi connectivity index (χ0v) is 44.8. The maximum absolute atomic E-state index is 13.6. The third kappa shape index (κ3) is 15.3. The van der Waals surface area contributed by atoms with Crippen LogP contribution in [0.25, 0.3) is 22.1 Å². The Morgan fingerprint density at radius 2 is 1.00 bits per heavy atom. The molecule has 0 saturated carbocycles. The number of hydrogen-bond donors (Lipinski definition) is 7. The maximum atomic E-state index is 13.6. The third-order valence-electron chi connectivity index (χ3n) is 12.3. The number of nitrogens with zero attached hydrogens (tertiary/aromatic N) is 8. The molecule has 0 aliphatic rings. The molecule has 0 aliphatic carbocycles. The van der Waals surface area contributed by atoms with Crippen LogP contribution in [0.4, 0.5) is 32.6 Å². The molecule has 24 nitrogen and oxygen atoms in total. The number of amides is 4. The number of carbonyl (C=O) groups excluding carboxylic acids is 4. The molecule has 0 spiro atoms. The first kappa shape index (κ1) is 58.1. The Balaban J connectivity index is 0.000000231. The van der Waals surface area contributed by atoms with Crippen LogP contribution in [0.5, 0.6) is 0 Å². The van der Waals surface area contributed by atoms with Gasteiger partial charge in [0.15, 0.2) is 0 Å². The Bertz CT molecular complexity index is 3390. The predicted molar refractivity (Wildman–Crippen MR) is 301 cm³/mol. The van der Waals surface area contributed by atoms with Crippen molar-refractivity contribution in [2.75, 3.05) is 67.6 Å². The molecule has 0 bridgehead atoms. The summed E-state index contributed by atoms with van der Waals surface area (Å²) in [5, 5.41) is 35.9. The summed E-state index contributed by atoms with van der Waals surface area (Å²) < 4.78 is 13.0. The van der Waals surface area contributed by atoms with Gasteiger partial charge in [-0.15, -0.1) is 0 Å². The quantitative estimate of drug-likeness (QED) is 0.0111. The zero-order chi connectivity index (χ0) is 57.0. The molecule has 0 unspecified atom stereocenters. The van der Waals surface area contributed by atoms with Crippen molar-refractivity contribution in [2.24, 2.45) is 14.1 Å². The number of amidine groups is 2. The highest BCUT2D eigenvalue weighted by atomic mass is 17.2. The summed E-state index contributed by atoms with van der Waals surface area (Å²) in [4.78, 5) is 85.2. The molecule has 0 radical (unpaired) electrons. The van der Waals surface area contributed by atoms with Gasteiger partial charge in [0.2, 0.25) is 0 Å². The molecule has 4 amide bonds. The van der Waals surface area contributed by atoms with Gasteiger partial charge in [-0.25, -0.2) is 44.2 Å². The molecule has 416 valence electrons. The van der Waals surface area contributed by atoms with Crippen LogP contribution in [-0.2, 0) is 51.3 Å². The van der Waals surface area contributed by atoms with E-state index in [9.17, 15) is 19.2 Å². The van der Waals surface area contributed by atoms with Gasteiger partial charge in [-0.05, 0) is 129 Å². The minimum Gasteiger partial charge on any atom is -0.453 e. The molecule has 7 N–H and O–H groups in total. The number of methoxy groups -OCH3 is 2. The number of ether oxygens (including phenoxy) is 2. The van der Waals surface area contributed by atoms with E-state index in [0.29, 0.717) is 97.2 Å². The van der Waals surface area contributed by atoms with Crippen molar-refractivity contribution in [2.45, 2.75) is 32.9 Å². The van der Waals surface area contributed by atoms with Crippen LogP contribution in [0.3, 0.4) is 0 Å². The van der Waals surface area contributed by atoms with Gasteiger partial charge in [0.25, 0.3) is 11.8 Å². The second-order valence-electron chi connectivity index (χ2n) is 17.5. The van der Waals surface area contributed by atoms with Crippen molar-refractivity contribution in [1.82, 2.24) is 39.7 Å². The van der Waals surface area contributed by atoms with Crippen LogP contribution in [0.2, 0.25) is 0 Å². The number of carbonyl (C=O) groups is 4. The summed E-state index contributed by atoms with van der Waals surface area (Å²) >= 11 is 0. The van der Waals surface area contributed by atoms with Crippen LogP contribution in [0, 0.1) is 10.8 Å². The Labute approximate surface area is 460 Å². The summed E-state index contributed by atoms with van der Waals surface area (Å²) in [6, 6.07) is 35.8. The Morgan fingerprint density at radius 1 is 0.575 bits per heavy atom. The van der Waals surface area contributed by atoms with Gasteiger partial charge < -0.3 is 29.2 Å². The monoisotopic (exact) mass is 1090 g/mol. The molecular formula is C56H62N14O10. The topological polar surface area (TPSA) is 298 Å². The number of aromatic nitrogens is 6. The molecule has 4 aromatic heterocycles. The lowest BCUT2D eigenvalue weighted by molar-refractivity contribution is -0.291. The minimum absolute atomic E-state index is 0.0513.